The molecule has 1 heterocycles. The number of benzene rings is 1. The van der Waals surface area contributed by atoms with Crippen LogP contribution >= 0.6 is 0 Å². The zero-order valence-electron chi connectivity index (χ0n) is 17.1. The summed E-state index contributed by atoms with van der Waals surface area (Å²) in [6, 6.07) is 8.21. The van der Waals surface area contributed by atoms with E-state index >= 15 is 0 Å². The summed E-state index contributed by atoms with van der Waals surface area (Å²) in [6.45, 7) is 7.31. The summed E-state index contributed by atoms with van der Waals surface area (Å²) in [6.07, 6.45) is 4.36. The first-order valence-electron chi connectivity index (χ1n) is 10.0. The summed E-state index contributed by atoms with van der Waals surface area (Å²) in [5.74, 6) is 1.91. The lowest BCUT2D eigenvalue weighted by molar-refractivity contribution is 0.00991. The van der Waals surface area contributed by atoms with Crippen LogP contribution in [0.1, 0.15) is 31.7 Å². The van der Waals surface area contributed by atoms with E-state index in [0.717, 1.165) is 76.8 Å². The predicted molar refractivity (Wildman–Crippen MR) is 110 cm³/mol. The number of hydrogen-bond donors (Lipinski definition) is 1. The Morgan fingerprint density at radius 3 is 2.52 bits per heavy atom. The molecule has 1 aromatic rings. The van der Waals surface area contributed by atoms with Crippen molar-refractivity contribution in [3.8, 4) is 5.75 Å². The zero-order chi connectivity index (χ0) is 19.3. The molecule has 6 heteroatoms. The fraction of sp³-hybridized carbons (Fsp3) is 0.667. The van der Waals surface area contributed by atoms with Gasteiger partial charge in [-0.15, -0.1) is 0 Å². The van der Waals surface area contributed by atoms with Crippen molar-refractivity contribution in [2.24, 2.45) is 4.99 Å². The van der Waals surface area contributed by atoms with Crippen LogP contribution in [-0.4, -0.2) is 70.6 Å². The van der Waals surface area contributed by atoms with Crippen LogP contribution in [0.25, 0.3) is 0 Å². The van der Waals surface area contributed by atoms with Crippen LogP contribution in [0, 0.1) is 0 Å². The van der Waals surface area contributed by atoms with E-state index in [9.17, 15) is 0 Å². The maximum atomic E-state index is 5.95. The van der Waals surface area contributed by atoms with Crippen molar-refractivity contribution >= 4 is 5.96 Å². The topological polar surface area (TPSA) is 55.3 Å². The van der Waals surface area contributed by atoms with Gasteiger partial charge in [0.2, 0.25) is 0 Å². The number of likely N-dealkylation sites (tertiary alicyclic amines) is 1. The Morgan fingerprint density at radius 1 is 1.15 bits per heavy atom. The van der Waals surface area contributed by atoms with Crippen molar-refractivity contribution in [3.63, 3.8) is 0 Å². The normalized spacial score (nSPS) is 15.8. The third kappa shape index (κ3) is 7.77. The van der Waals surface area contributed by atoms with Crippen molar-refractivity contribution in [2.45, 2.75) is 38.7 Å². The summed E-state index contributed by atoms with van der Waals surface area (Å²) in [7, 11) is 3.42. The molecule has 0 unspecified atom stereocenters. The fourth-order valence-corrected chi connectivity index (χ4v) is 3.20. The van der Waals surface area contributed by atoms with Crippen molar-refractivity contribution in [2.75, 3.05) is 53.6 Å². The van der Waals surface area contributed by atoms with Crippen molar-refractivity contribution in [1.82, 2.24) is 10.2 Å². The molecule has 2 rings (SSSR count). The van der Waals surface area contributed by atoms with Gasteiger partial charge in [-0.2, -0.15) is 0 Å². The Morgan fingerprint density at radius 2 is 1.89 bits per heavy atom. The molecule has 0 aromatic heterocycles. The second-order valence-corrected chi connectivity index (χ2v) is 6.74. The third-order valence-electron chi connectivity index (χ3n) is 4.74. The molecule has 1 saturated heterocycles. The molecule has 1 aliphatic rings. The highest BCUT2D eigenvalue weighted by Gasteiger charge is 2.21. The van der Waals surface area contributed by atoms with Crippen LogP contribution in [0.15, 0.2) is 29.3 Å². The molecule has 1 fully saturated rings. The van der Waals surface area contributed by atoms with Gasteiger partial charge < -0.3 is 24.4 Å². The van der Waals surface area contributed by atoms with Gasteiger partial charge in [0.25, 0.3) is 0 Å². The summed E-state index contributed by atoms with van der Waals surface area (Å²) >= 11 is 0. The molecule has 0 radical (unpaired) electrons. The van der Waals surface area contributed by atoms with Gasteiger partial charge in [-0.1, -0.05) is 12.1 Å². The van der Waals surface area contributed by atoms with Gasteiger partial charge in [0.1, 0.15) is 5.75 Å². The first-order valence-corrected chi connectivity index (χ1v) is 10.0. The van der Waals surface area contributed by atoms with Crippen LogP contribution in [0.3, 0.4) is 0 Å². The maximum absolute atomic E-state index is 5.95. The highest BCUT2D eigenvalue weighted by molar-refractivity contribution is 5.80. The average molecular weight is 378 g/mol. The van der Waals surface area contributed by atoms with Crippen molar-refractivity contribution in [3.05, 3.63) is 29.8 Å². The minimum absolute atomic E-state index is 0.361. The molecule has 1 N–H and O–H groups in total. The maximum Gasteiger partial charge on any atom is 0.193 e. The molecule has 27 heavy (non-hydrogen) atoms. The van der Waals surface area contributed by atoms with Crippen LogP contribution in [-0.2, 0) is 15.9 Å². The van der Waals surface area contributed by atoms with E-state index in [0.29, 0.717) is 6.10 Å². The van der Waals surface area contributed by atoms with Gasteiger partial charge >= 0.3 is 0 Å². The van der Waals surface area contributed by atoms with Crippen LogP contribution in [0.4, 0.5) is 0 Å². The Kier molecular flexibility index (Phi) is 10.0. The molecule has 0 spiro atoms. The second kappa shape index (κ2) is 12.6. The summed E-state index contributed by atoms with van der Waals surface area (Å²) in [4.78, 5) is 7.18. The Balaban J connectivity index is 1.77. The molecule has 1 aliphatic heterocycles. The summed E-state index contributed by atoms with van der Waals surface area (Å²) in [5, 5.41) is 3.43. The van der Waals surface area contributed by atoms with Gasteiger partial charge in [0.15, 0.2) is 5.96 Å². The van der Waals surface area contributed by atoms with Gasteiger partial charge in [-0.3, -0.25) is 4.99 Å². The number of hydrogen-bond acceptors (Lipinski definition) is 4. The number of nitrogens with zero attached hydrogens (tertiary/aromatic N) is 2. The molecule has 0 aliphatic carbocycles. The lowest BCUT2D eigenvalue weighted by Crippen LogP contribution is -2.47. The van der Waals surface area contributed by atoms with Gasteiger partial charge in [0.05, 0.1) is 13.2 Å². The lowest BCUT2D eigenvalue weighted by Gasteiger charge is -2.34. The van der Waals surface area contributed by atoms with Crippen LogP contribution in [0.5, 0.6) is 5.75 Å². The standard InChI is InChI=1S/C21H35N3O3/c1-4-22-21(23-13-10-18-6-8-19(26-3)9-7-18)24-14-11-20(12-15-24)27-17-5-16-25-2/h6-9,20H,4-5,10-17H2,1-3H3,(H,22,23). The minimum atomic E-state index is 0.361. The quantitative estimate of drug-likeness (QED) is 0.386. The molecule has 0 amide bonds. The van der Waals surface area contributed by atoms with Crippen LogP contribution < -0.4 is 10.1 Å². The zero-order valence-corrected chi connectivity index (χ0v) is 17.1. The SMILES string of the molecule is CCNC(=NCCc1ccc(OC)cc1)N1CCC(OCCCOC)CC1. The van der Waals surface area contributed by atoms with E-state index in [1.165, 1.54) is 5.56 Å². The van der Waals surface area contributed by atoms with E-state index < -0.39 is 0 Å². The molecular formula is C21H35N3O3. The number of nitrogens with one attached hydrogen (secondary N) is 1. The minimum Gasteiger partial charge on any atom is -0.497 e. The molecule has 0 bridgehead atoms. The van der Waals surface area contributed by atoms with Gasteiger partial charge in [-0.05, 0) is 50.3 Å². The highest BCUT2D eigenvalue weighted by Crippen LogP contribution is 2.15. The Bertz CT molecular complexity index is 540. The van der Waals surface area contributed by atoms with Gasteiger partial charge in [-0.25, -0.2) is 0 Å². The first-order chi connectivity index (χ1) is 13.3. The third-order valence-corrected chi connectivity index (χ3v) is 4.74. The number of piperidine rings is 1. The largest absolute Gasteiger partial charge is 0.497 e. The monoisotopic (exact) mass is 377 g/mol. The molecular weight excluding hydrogens is 342 g/mol. The first kappa shape index (κ1) is 21.5. The van der Waals surface area contributed by atoms with E-state index in [1.807, 2.05) is 12.1 Å². The lowest BCUT2D eigenvalue weighted by atomic mass is 10.1. The number of guanidine groups is 1. The molecule has 6 nitrogen and oxygen atoms in total. The molecule has 0 atom stereocenters. The number of rotatable bonds is 10. The second-order valence-electron chi connectivity index (χ2n) is 6.74. The van der Waals surface area contributed by atoms with Crippen LogP contribution in [0.2, 0.25) is 0 Å². The smallest absolute Gasteiger partial charge is 0.193 e. The van der Waals surface area contributed by atoms with E-state index in [4.69, 9.17) is 19.2 Å². The predicted octanol–water partition coefficient (Wildman–Crippen LogP) is 2.72. The molecule has 152 valence electrons. The molecule has 0 saturated carbocycles. The highest BCUT2D eigenvalue weighted by atomic mass is 16.5. The summed E-state index contributed by atoms with van der Waals surface area (Å²) in [5.41, 5.74) is 1.28. The van der Waals surface area contributed by atoms with E-state index in [1.54, 1.807) is 14.2 Å². The average Bonchev–Trinajstić information content (AvgIpc) is 2.71. The molecule has 1 aromatic carbocycles. The van der Waals surface area contributed by atoms with Crippen molar-refractivity contribution < 1.29 is 14.2 Å². The van der Waals surface area contributed by atoms with E-state index in [-0.39, 0.29) is 0 Å². The summed E-state index contributed by atoms with van der Waals surface area (Å²) < 4.78 is 16.2. The number of aliphatic imine (C=N–C) groups is 1. The number of methoxy groups -OCH3 is 2. The van der Waals surface area contributed by atoms with E-state index in [2.05, 4.69) is 29.3 Å². The Labute approximate surface area is 163 Å². The fourth-order valence-electron chi connectivity index (χ4n) is 3.20. The Hall–Kier alpha value is -1.79. The van der Waals surface area contributed by atoms with Crippen molar-refractivity contribution in [1.29, 1.82) is 0 Å². The number of ether oxygens (including phenoxy) is 3. The van der Waals surface area contributed by atoms with Gasteiger partial charge in [0, 0.05) is 46.5 Å².